The number of nitrogens with one attached hydrogen (secondary N) is 2. The average molecular weight is 554 g/mol. The molecule has 5 heterocycles. The fourth-order valence-corrected chi connectivity index (χ4v) is 5.64. The van der Waals surface area contributed by atoms with Crippen molar-refractivity contribution in [2.45, 2.75) is 31.9 Å². The molecule has 0 bridgehead atoms. The molecule has 0 unspecified atom stereocenters. The van der Waals surface area contributed by atoms with Crippen LogP contribution < -0.4 is 10.6 Å². The lowest BCUT2D eigenvalue weighted by atomic mass is 9.81. The van der Waals surface area contributed by atoms with Crippen LogP contribution >= 0.6 is 0 Å². The first kappa shape index (κ1) is 26.3. The zero-order chi connectivity index (χ0) is 27.9. The first-order valence-electron chi connectivity index (χ1n) is 13.4. The molecule has 12 heteroatoms. The van der Waals surface area contributed by atoms with Gasteiger partial charge >= 0.3 is 6.18 Å². The smallest absolute Gasteiger partial charge is 0.339 e. The van der Waals surface area contributed by atoms with Crippen molar-refractivity contribution in [3.8, 4) is 0 Å². The summed E-state index contributed by atoms with van der Waals surface area (Å²) in [6, 6.07) is 11.1. The van der Waals surface area contributed by atoms with Crippen molar-refractivity contribution in [1.82, 2.24) is 29.7 Å². The Morgan fingerprint density at radius 1 is 1.07 bits per heavy atom. The number of nitrogens with zero attached hydrogens (tertiary/aromatic N) is 5. The fraction of sp³-hybridized carbons (Fsp3) is 0.429. The lowest BCUT2D eigenvalue weighted by Gasteiger charge is -2.39. The highest BCUT2D eigenvalue weighted by molar-refractivity contribution is 5.95. The van der Waals surface area contributed by atoms with E-state index >= 15 is 0 Å². The number of carbonyl (C=O) groups excluding carboxylic acids is 2. The number of likely N-dealkylation sites (tertiary alicyclic amines) is 1. The van der Waals surface area contributed by atoms with Crippen LogP contribution in [0.15, 0.2) is 48.7 Å². The molecule has 1 aromatic carbocycles. The minimum atomic E-state index is -4.34. The lowest BCUT2D eigenvalue weighted by Crippen LogP contribution is -2.55. The van der Waals surface area contributed by atoms with Crippen molar-refractivity contribution in [3.63, 3.8) is 0 Å². The van der Waals surface area contributed by atoms with Crippen LogP contribution in [0.2, 0.25) is 0 Å². The number of carbonyl (C=O) groups is 2. The third kappa shape index (κ3) is 5.40. The molecule has 3 aromatic rings. The lowest BCUT2D eigenvalue weighted by molar-refractivity contribution is -0.148. The molecule has 2 amide bonds. The van der Waals surface area contributed by atoms with Gasteiger partial charge in [0.2, 0.25) is 11.9 Å². The van der Waals surface area contributed by atoms with Gasteiger partial charge in [-0.15, -0.1) is 5.10 Å². The number of hydrogen-bond acceptors (Lipinski definition) is 6. The SMILES string of the molecule is O=C(CCC(F)(F)F)N1CC=C(c2cccn3nc(Nc4ccc(C(=O)N5CCC6(CNC6)C5)cc4)nc23)CC1. The van der Waals surface area contributed by atoms with Crippen LogP contribution in [-0.2, 0) is 4.79 Å². The molecule has 0 saturated carbocycles. The predicted molar refractivity (Wildman–Crippen MR) is 143 cm³/mol. The second-order valence-electron chi connectivity index (χ2n) is 10.8. The summed E-state index contributed by atoms with van der Waals surface area (Å²) in [6.45, 7) is 4.16. The van der Waals surface area contributed by atoms with Gasteiger partial charge in [0.1, 0.15) is 0 Å². The molecule has 2 N–H and O–H groups in total. The number of halogens is 3. The van der Waals surface area contributed by atoms with Crippen LogP contribution in [0.3, 0.4) is 0 Å². The summed E-state index contributed by atoms with van der Waals surface area (Å²) in [5, 5.41) is 11.0. The third-order valence-corrected chi connectivity index (χ3v) is 8.01. The Hall–Kier alpha value is -3.93. The summed E-state index contributed by atoms with van der Waals surface area (Å²) in [6.07, 6.45) is -0.775. The molecule has 2 fully saturated rings. The highest BCUT2D eigenvalue weighted by atomic mass is 19.4. The maximum absolute atomic E-state index is 13.0. The van der Waals surface area contributed by atoms with Crippen molar-refractivity contribution in [2.75, 3.05) is 44.6 Å². The molecule has 0 radical (unpaired) electrons. The Bertz CT molecular complexity index is 1460. The fourth-order valence-electron chi connectivity index (χ4n) is 5.64. The molecule has 210 valence electrons. The Kier molecular flexibility index (Phi) is 6.73. The van der Waals surface area contributed by atoms with Crippen molar-refractivity contribution >= 4 is 34.7 Å². The van der Waals surface area contributed by atoms with Gasteiger partial charge in [-0.1, -0.05) is 6.08 Å². The van der Waals surface area contributed by atoms with E-state index in [0.717, 1.165) is 49.4 Å². The van der Waals surface area contributed by atoms with Gasteiger partial charge in [0, 0.05) is 74.1 Å². The van der Waals surface area contributed by atoms with Gasteiger partial charge in [0.15, 0.2) is 5.65 Å². The summed E-state index contributed by atoms with van der Waals surface area (Å²) >= 11 is 0. The summed E-state index contributed by atoms with van der Waals surface area (Å²) in [7, 11) is 0. The van der Waals surface area contributed by atoms with E-state index in [4.69, 9.17) is 0 Å². The van der Waals surface area contributed by atoms with Crippen LogP contribution in [0, 0.1) is 5.41 Å². The van der Waals surface area contributed by atoms with Gasteiger partial charge < -0.3 is 20.4 Å². The Morgan fingerprint density at radius 3 is 2.52 bits per heavy atom. The quantitative estimate of drug-likeness (QED) is 0.482. The zero-order valence-electron chi connectivity index (χ0n) is 21.9. The summed E-state index contributed by atoms with van der Waals surface area (Å²) in [5.41, 5.74) is 4.11. The van der Waals surface area contributed by atoms with Crippen molar-refractivity contribution < 1.29 is 22.8 Å². The summed E-state index contributed by atoms with van der Waals surface area (Å²) < 4.78 is 39.1. The Morgan fingerprint density at radius 2 is 1.88 bits per heavy atom. The van der Waals surface area contributed by atoms with Crippen molar-refractivity contribution in [1.29, 1.82) is 0 Å². The normalized spacial score (nSPS) is 18.6. The molecule has 1 spiro atoms. The molecule has 0 atom stereocenters. The van der Waals surface area contributed by atoms with E-state index in [1.54, 1.807) is 10.7 Å². The molecular weight excluding hydrogens is 523 g/mol. The van der Waals surface area contributed by atoms with E-state index in [9.17, 15) is 22.8 Å². The number of amides is 2. The number of aromatic nitrogens is 3. The zero-order valence-corrected chi connectivity index (χ0v) is 21.9. The first-order chi connectivity index (χ1) is 19.2. The summed E-state index contributed by atoms with van der Waals surface area (Å²) in [5.74, 6) is -0.0504. The second kappa shape index (κ2) is 10.2. The van der Waals surface area contributed by atoms with Gasteiger partial charge in [0.25, 0.3) is 5.91 Å². The first-order valence-corrected chi connectivity index (χ1v) is 13.4. The number of hydrogen-bond donors (Lipinski definition) is 2. The monoisotopic (exact) mass is 553 g/mol. The minimum absolute atomic E-state index is 0.0483. The molecule has 2 aromatic heterocycles. The number of alkyl halides is 3. The molecule has 3 aliphatic rings. The van der Waals surface area contributed by atoms with E-state index in [1.165, 1.54) is 4.90 Å². The van der Waals surface area contributed by atoms with Crippen LogP contribution in [0.4, 0.5) is 24.8 Å². The third-order valence-electron chi connectivity index (χ3n) is 8.01. The molecular formula is C28H30F3N7O2. The van der Waals surface area contributed by atoms with Gasteiger partial charge in [0.05, 0.1) is 6.42 Å². The molecule has 2 saturated heterocycles. The molecule has 3 aliphatic heterocycles. The second-order valence-corrected chi connectivity index (χ2v) is 10.8. The minimum Gasteiger partial charge on any atom is -0.339 e. The van der Waals surface area contributed by atoms with E-state index < -0.39 is 24.9 Å². The maximum Gasteiger partial charge on any atom is 0.389 e. The van der Waals surface area contributed by atoms with E-state index in [1.807, 2.05) is 47.4 Å². The van der Waals surface area contributed by atoms with Gasteiger partial charge in [-0.3, -0.25) is 9.59 Å². The van der Waals surface area contributed by atoms with Crippen molar-refractivity contribution in [3.05, 3.63) is 59.8 Å². The number of fused-ring (bicyclic) bond motifs is 1. The number of rotatable bonds is 6. The number of anilines is 2. The Balaban J connectivity index is 1.11. The van der Waals surface area contributed by atoms with Crippen LogP contribution in [0.25, 0.3) is 11.2 Å². The highest BCUT2D eigenvalue weighted by Crippen LogP contribution is 2.35. The summed E-state index contributed by atoms with van der Waals surface area (Å²) in [4.78, 5) is 33.2. The van der Waals surface area contributed by atoms with Gasteiger partial charge in [-0.2, -0.15) is 18.2 Å². The van der Waals surface area contributed by atoms with Gasteiger partial charge in [-0.05, 0) is 54.8 Å². The molecule has 0 aliphatic carbocycles. The molecule has 40 heavy (non-hydrogen) atoms. The van der Waals surface area contributed by atoms with Crippen LogP contribution in [0.5, 0.6) is 0 Å². The maximum atomic E-state index is 13.0. The standard InChI is InChI=1S/C28H30F3N7O2/c29-28(30,31)10-7-23(39)36-13-8-19(9-14-36)22-2-1-12-38-24(22)34-26(35-38)33-21-5-3-20(4-6-21)25(40)37-15-11-27(18-37)16-32-17-27/h1-6,8,12,32H,7,9-11,13-18H2,(H,33,35). The number of benzene rings is 1. The van der Waals surface area contributed by atoms with Crippen molar-refractivity contribution in [2.24, 2.45) is 5.41 Å². The topological polar surface area (TPSA) is 94.9 Å². The van der Waals surface area contributed by atoms with E-state index in [0.29, 0.717) is 30.1 Å². The molecule has 9 nitrogen and oxygen atoms in total. The van der Waals surface area contributed by atoms with Crippen LogP contribution in [0.1, 0.15) is 41.6 Å². The van der Waals surface area contributed by atoms with Gasteiger partial charge in [-0.25, -0.2) is 4.52 Å². The average Bonchev–Trinajstić information content (AvgIpc) is 3.56. The highest BCUT2D eigenvalue weighted by Gasteiger charge is 2.44. The van der Waals surface area contributed by atoms with E-state index in [-0.39, 0.29) is 17.9 Å². The van der Waals surface area contributed by atoms with E-state index in [2.05, 4.69) is 20.7 Å². The predicted octanol–water partition coefficient (Wildman–Crippen LogP) is 3.87. The van der Waals surface area contributed by atoms with Crippen LogP contribution in [-0.4, -0.2) is 81.7 Å². The number of pyridine rings is 1. The Labute approximate surface area is 229 Å². The largest absolute Gasteiger partial charge is 0.389 e. The molecule has 6 rings (SSSR count).